The van der Waals surface area contributed by atoms with Gasteiger partial charge in [0.15, 0.2) is 11.5 Å². The van der Waals surface area contributed by atoms with Crippen LogP contribution >= 0.6 is 0 Å². The SMILES string of the molecule is COC(=O)NCCc1c[nH]c2ccc(-c3ccc(OC)c(OC)c3)cc12. The summed E-state index contributed by atoms with van der Waals surface area (Å²) in [4.78, 5) is 14.5. The van der Waals surface area contributed by atoms with Crippen molar-refractivity contribution in [3.8, 4) is 22.6 Å². The maximum atomic E-state index is 11.2. The molecule has 0 saturated heterocycles. The van der Waals surface area contributed by atoms with E-state index in [1.807, 2.05) is 24.4 Å². The Morgan fingerprint density at radius 2 is 1.73 bits per heavy atom. The predicted octanol–water partition coefficient (Wildman–Crippen LogP) is 3.75. The largest absolute Gasteiger partial charge is 0.493 e. The minimum atomic E-state index is -0.421. The van der Waals surface area contributed by atoms with Crippen LogP contribution in [0.3, 0.4) is 0 Å². The molecule has 0 aliphatic rings. The molecule has 0 unspecified atom stereocenters. The molecule has 2 aromatic carbocycles. The molecule has 0 spiro atoms. The van der Waals surface area contributed by atoms with E-state index >= 15 is 0 Å². The number of fused-ring (bicyclic) bond motifs is 1. The lowest BCUT2D eigenvalue weighted by Crippen LogP contribution is -2.25. The van der Waals surface area contributed by atoms with Gasteiger partial charge >= 0.3 is 6.09 Å². The molecule has 3 rings (SSSR count). The van der Waals surface area contributed by atoms with E-state index in [1.54, 1.807) is 14.2 Å². The van der Waals surface area contributed by atoms with Gasteiger partial charge < -0.3 is 24.5 Å². The van der Waals surface area contributed by atoms with E-state index in [0.717, 1.165) is 27.6 Å². The van der Waals surface area contributed by atoms with Crippen molar-refractivity contribution in [2.45, 2.75) is 6.42 Å². The van der Waals surface area contributed by atoms with Crippen LogP contribution in [0.25, 0.3) is 22.0 Å². The highest BCUT2D eigenvalue weighted by atomic mass is 16.5. The number of amides is 1. The Kier molecular flexibility index (Phi) is 5.31. The van der Waals surface area contributed by atoms with Crippen LogP contribution in [0.5, 0.6) is 11.5 Å². The van der Waals surface area contributed by atoms with Gasteiger partial charge in [-0.15, -0.1) is 0 Å². The summed E-state index contributed by atoms with van der Waals surface area (Å²) < 4.78 is 15.3. The smallest absolute Gasteiger partial charge is 0.406 e. The van der Waals surface area contributed by atoms with Crippen LogP contribution < -0.4 is 14.8 Å². The summed E-state index contributed by atoms with van der Waals surface area (Å²) in [6.45, 7) is 0.514. The lowest BCUT2D eigenvalue weighted by Gasteiger charge is -2.10. The minimum Gasteiger partial charge on any atom is -0.493 e. The Morgan fingerprint density at radius 3 is 2.46 bits per heavy atom. The summed E-state index contributed by atoms with van der Waals surface area (Å²) >= 11 is 0. The molecular formula is C20H22N2O4. The first kappa shape index (κ1) is 17.7. The molecule has 3 aromatic rings. The number of aromatic nitrogens is 1. The minimum absolute atomic E-state index is 0.421. The third kappa shape index (κ3) is 3.59. The van der Waals surface area contributed by atoms with Crippen LogP contribution in [0, 0.1) is 0 Å². The number of nitrogens with one attached hydrogen (secondary N) is 2. The summed E-state index contributed by atoms with van der Waals surface area (Å²) in [6, 6.07) is 12.1. The lowest BCUT2D eigenvalue weighted by molar-refractivity contribution is 0.171. The molecule has 6 heteroatoms. The number of benzene rings is 2. The normalized spacial score (nSPS) is 10.6. The van der Waals surface area contributed by atoms with E-state index in [-0.39, 0.29) is 0 Å². The van der Waals surface area contributed by atoms with Crippen LogP contribution in [0.2, 0.25) is 0 Å². The third-order valence-electron chi connectivity index (χ3n) is 4.33. The van der Waals surface area contributed by atoms with E-state index < -0.39 is 6.09 Å². The van der Waals surface area contributed by atoms with Gasteiger partial charge in [-0.2, -0.15) is 0 Å². The number of methoxy groups -OCH3 is 3. The maximum Gasteiger partial charge on any atom is 0.406 e. The molecule has 1 heterocycles. The number of hydrogen-bond donors (Lipinski definition) is 2. The summed E-state index contributed by atoms with van der Waals surface area (Å²) in [7, 11) is 4.61. The van der Waals surface area contributed by atoms with Crippen molar-refractivity contribution in [3.63, 3.8) is 0 Å². The van der Waals surface area contributed by atoms with Crippen LogP contribution in [0.4, 0.5) is 4.79 Å². The number of alkyl carbamates (subject to hydrolysis) is 1. The quantitative estimate of drug-likeness (QED) is 0.707. The first-order chi connectivity index (χ1) is 12.7. The molecular weight excluding hydrogens is 332 g/mol. The molecule has 0 aliphatic carbocycles. The Morgan fingerprint density at radius 1 is 1.00 bits per heavy atom. The molecule has 0 saturated carbocycles. The Labute approximate surface area is 152 Å². The molecule has 0 bridgehead atoms. The monoisotopic (exact) mass is 354 g/mol. The number of carbonyl (C=O) groups excluding carboxylic acids is 1. The number of ether oxygens (including phenoxy) is 3. The zero-order chi connectivity index (χ0) is 18.5. The molecule has 2 N–H and O–H groups in total. The number of hydrogen-bond acceptors (Lipinski definition) is 4. The molecule has 1 amide bonds. The van der Waals surface area contributed by atoms with Gasteiger partial charge in [-0.3, -0.25) is 0 Å². The summed E-state index contributed by atoms with van der Waals surface area (Å²) in [5, 5.41) is 3.83. The molecule has 6 nitrogen and oxygen atoms in total. The highest BCUT2D eigenvalue weighted by Gasteiger charge is 2.09. The van der Waals surface area contributed by atoms with Crippen molar-refractivity contribution in [2.75, 3.05) is 27.9 Å². The van der Waals surface area contributed by atoms with Gasteiger partial charge in [-0.05, 0) is 47.4 Å². The van der Waals surface area contributed by atoms with Gasteiger partial charge in [0.05, 0.1) is 21.3 Å². The summed E-state index contributed by atoms with van der Waals surface area (Å²) in [5.74, 6) is 1.40. The first-order valence-corrected chi connectivity index (χ1v) is 8.30. The average Bonchev–Trinajstić information content (AvgIpc) is 3.09. The number of carbonyl (C=O) groups is 1. The molecule has 0 atom stereocenters. The molecule has 26 heavy (non-hydrogen) atoms. The first-order valence-electron chi connectivity index (χ1n) is 8.30. The Hall–Kier alpha value is -3.15. The van der Waals surface area contributed by atoms with Gasteiger partial charge in [0.1, 0.15) is 0 Å². The number of aromatic amines is 1. The molecule has 0 aliphatic heterocycles. The van der Waals surface area contributed by atoms with Crippen LogP contribution in [0.1, 0.15) is 5.56 Å². The van der Waals surface area contributed by atoms with Crippen molar-refractivity contribution in [2.24, 2.45) is 0 Å². The number of rotatable bonds is 6. The van der Waals surface area contributed by atoms with Crippen molar-refractivity contribution < 1.29 is 19.0 Å². The molecule has 1 aromatic heterocycles. The van der Waals surface area contributed by atoms with Gasteiger partial charge in [-0.1, -0.05) is 12.1 Å². The molecule has 0 fully saturated rings. The van der Waals surface area contributed by atoms with E-state index in [4.69, 9.17) is 9.47 Å². The van der Waals surface area contributed by atoms with Gasteiger partial charge in [-0.25, -0.2) is 4.79 Å². The fourth-order valence-corrected chi connectivity index (χ4v) is 2.95. The van der Waals surface area contributed by atoms with E-state index in [0.29, 0.717) is 24.5 Å². The zero-order valence-electron chi connectivity index (χ0n) is 15.1. The highest BCUT2D eigenvalue weighted by Crippen LogP contribution is 2.33. The molecule has 0 radical (unpaired) electrons. The van der Waals surface area contributed by atoms with E-state index in [1.165, 1.54) is 7.11 Å². The zero-order valence-corrected chi connectivity index (χ0v) is 15.1. The van der Waals surface area contributed by atoms with E-state index in [9.17, 15) is 4.79 Å². The number of H-pyrrole nitrogens is 1. The second kappa shape index (κ2) is 7.82. The second-order valence-electron chi connectivity index (χ2n) is 5.81. The fraction of sp³-hybridized carbons (Fsp3) is 0.250. The van der Waals surface area contributed by atoms with Crippen molar-refractivity contribution in [1.82, 2.24) is 10.3 Å². The van der Waals surface area contributed by atoms with Gasteiger partial charge in [0.2, 0.25) is 0 Å². The topological polar surface area (TPSA) is 72.6 Å². The Bertz CT molecular complexity index is 917. The van der Waals surface area contributed by atoms with Gasteiger partial charge in [0, 0.05) is 23.6 Å². The summed E-state index contributed by atoms with van der Waals surface area (Å²) in [5.41, 5.74) is 4.32. The van der Waals surface area contributed by atoms with Crippen molar-refractivity contribution in [3.05, 3.63) is 48.2 Å². The molecule has 136 valence electrons. The van der Waals surface area contributed by atoms with Crippen LogP contribution in [-0.4, -0.2) is 39.0 Å². The summed E-state index contributed by atoms with van der Waals surface area (Å²) in [6.07, 6.45) is 2.27. The van der Waals surface area contributed by atoms with Crippen LogP contribution in [0.15, 0.2) is 42.6 Å². The van der Waals surface area contributed by atoms with Crippen molar-refractivity contribution in [1.29, 1.82) is 0 Å². The average molecular weight is 354 g/mol. The standard InChI is InChI=1S/C20H22N2O4/c1-24-18-7-5-14(11-19(18)25-2)13-4-6-17-16(10-13)15(12-22-17)8-9-21-20(23)26-3/h4-7,10-12,22H,8-9H2,1-3H3,(H,21,23). The van der Waals surface area contributed by atoms with E-state index in [2.05, 4.69) is 33.2 Å². The van der Waals surface area contributed by atoms with Gasteiger partial charge in [0.25, 0.3) is 0 Å². The van der Waals surface area contributed by atoms with Crippen molar-refractivity contribution >= 4 is 17.0 Å². The lowest BCUT2D eigenvalue weighted by atomic mass is 10.0. The van der Waals surface area contributed by atoms with Crippen LogP contribution in [-0.2, 0) is 11.2 Å². The third-order valence-corrected chi connectivity index (χ3v) is 4.33. The second-order valence-corrected chi connectivity index (χ2v) is 5.81. The Balaban J connectivity index is 1.88. The maximum absolute atomic E-state index is 11.2. The highest BCUT2D eigenvalue weighted by molar-refractivity contribution is 5.88. The predicted molar refractivity (Wildman–Crippen MR) is 101 cm³/mol. The fourth-order valence-electron chi connectivity index (χ4n) is 2.95.